The lowest BCUT2D eigenvalue weighted by Gasteiger charge is -2.06. The summed E-state index contributed by atoms with van der Waals surface area (Å²) in [5.74, 6) is -1.64. The van der Waals surface area contributed by atoms with Crippen molar-refractivity contribution >= 4 is 29.8 Å². The minimum absolute atomic E-state index is 0.00303. The Balaban J connectivity index is 1.98. The molecule has 1 aliphatic heterocycles. The number of nitrogens with zero attached hydrogens (tertiary/aromatic N) is 1. The number of hydrazone groups is 1. The Morgan fingerprint density at radius 2 is 1.92 bits per heavy atom. The Morgan fingerprint density at radius 1 is 1.23 bits per heavy atom. The zero-order chi connectivity index (χ0) is 18.7. The van der Waals surface area contributed by atoms with Gasteiger partial charge in [-0.15, -0.1) is 5.10 Å². The number of esters is 2. The van der Waals surface area contributed by atoms with E-state index in [1.54, 1.807) is 13.8 Å². The van der Waals surface area contributed by atoms with Gasteiger partial charge in [0.1, 0.15) is 11.7 Å². The van der Waals surface area contributed by atoms with Gasteiger partial charge in [0.15, 0.2) is 0 Å². The fourth-order valence-electron chi connectivity index (χ4n) is 2.37. The highest BCUT2D eigenvalue weighted by molar-refractivity contribution is 6.25. The molecule has 0 aromatic carbocycles. The van der Waals surface area contributed by atoms with Crippen molar-refractivity contribution < 1.29 is 28.6 Å². The van der Waals surface area contributed by atoms with Gasteiger partial charge in [-0.25, -0.2) is 15.0 Å². The molecule has 1 saturated carbocycles. The van der Waals surface area contributed by atoms with Gasteiger partial charge in [0, 0.05) is 6.20 Å². The Hall–Kier alpha value is -3.10. The number of hydrogen-bond acceptors (Lipinski definition) is 7. The first-order valence-electron chi connectivity index (χ1n) is 8.37. The summed E-state index contributed by atoms with van der Waals surface area (Å²) in [6, 6.07) is 0. The third kappa shape index (κ3) is 3.61. The number of ether oxygens (including phenoxy) is 3. The van der Waals surface area contributed by atoms with Gasteiger partial charge < -0.3 is 19.2 Å². The van der Waals surface area contributed by atoms with E-state index in [9.17, 15) is 14.4 Å². The number of rotatable bonds is 6. The summed E-state index contributed by atoms with van der Waals surface area (Å²) in [6.07, 6.45) is 4.63. The second kappa shape index (κ2) is 7.42. The highest BCUT2D eigenvalue weighted by atomic mass is 16.5. The molecule has 2 N–H and O–H groups in total. The van der Waals surface area contributed by atoms with Crippen LogP contribution in [-0.2, 0) is 19.0 Å². The fraction of sp³-hybridized carbons (Fsp3) is 0.412. The van der Waals surface area contributed by atoms with Crippen LogP contribution in [0, 0.1) is 0 Å². The Labute approximate surface area is 149 Å². The zero-order valence-electron chi connectivity index (χ0n) is 14.5. The van der Waals surface area contributed by atoms with Gasteiger partial charge in [-0.2, -0.15) is 0 Å². The third-order valence-electron chi connectivity index (χ3n) is 3.71. The van der Waals surface area contributed by atoms with Crippen molar-refractivity contribution in [1.82, 2.24) is 10.4 Å². The predicted octanol–water partition coefficient (Wildman–Crippen LogP) is 1.37. The van der Waals surface area contributed by atoms with Crippen LogP contribution < -0.4 is 5.43 Å². The van der Waals surface area contributed by atoms with Crippen molar-refractivity contribution in [3.05, 3.63) is 28.6 Å². The van der Waals surface area contributed by atoms with Gasteiger partial charge in [-0.3, -0.25) is 4.79 Å². The van der Waals surface area contributed by atoms with Crippen LogP contribution in [-0.4, -0.2) is 48.0 Å². The molecule has 0 spiro atoms. The number of aromatic nitrogens is 1. The van der Waals surface area contributed by atoms with Crippen molar-refractivity contribution in [2.45, 2.75) is 32.8 Å². The first-order chi connectivity index (χ1) is 12.5. The smallest absolute Gasteiger partial charge is 0.341 e. The topological polar surface area (TPSA) is 119 Å². The van der Waals surface area contributed by atoms with Crippen LogP contribution in [0.1, 0.15) is 53.1 Å². The van der Waals surface area contributed by atoms with Crippen LogP contribution in [0.25, 0.3) is 6.08 Å². The average molecular weight is 361 g/mol. The van der Waals surface area contributed by atoms with Crippen LogP contribution in [0.3, 0.4) is 0 Å². The molecule has 0 unspecified atom stereocenters. The number of nitrogens with one attached hydrogen (secondary N) is 2. The van der Waals surface area contributed by atoms with E-state index in [2.05, 4.69) is 15.5 Å². The van der Waals surface area contributed by atoms with Gasteiger partial charge in [0.05, 0.1) is 30.0 Å². The van der Waals surface area contributed by atoms with E-state index in [1.165, 1.54) is 12.3 Å². The van der Waals surface area contributed by atoms with Crippen LogP contribution >= 0.6 is 0 Å². The molecular formula is C17H19N3O6. The Kier molecular flexibility index (Phi) is 5.06. The van der Waals surface area contributed by atoms with E-state index in [-0.39, 0.29) is 47.6 Å². The van der Waals surface area contributed by atoms with Gasteiger partial charge in [-0.1, -0.05) is 0 Å². The van der Waals surface area contributed by atoms with Gasteiger partial charge in [-0.05, 0) is 32.8 Å². The summed E-state index contributed by atoms with van der Waals surface area (Å²) in [6.45, 7) is 3.63. The van der Waals surface area contributed by atoms with E-state index in [4.69, 9.17) is 14.2 Å². The number of H-pyrrole nitrogens is 1. The number of carbonyl (C=O) groups excluding carboxylic acids is 3. The Bertz CT molecular complexity index is 803. The third-order valence-corrected chi connectivity index (χ3v) is 3.71. The van der Waals surface area contributed by atoms with Crippen molar-refractivity contribution in [3.8, 4) is 0 Å². The minimum Gasteiger partial charge on any atom is -0.473 e. The van der Waals surface area contributed by atoms with Gasteiger partial charge >= 0.3 is 11.9 Å². The summed E-state index contributed by atoms with van der Waals surface area (Å²) in [5.41, 5.74) is 2.78. The molecule has 1 fully saturated rings. The molecule has 3 rings (SSSR count). The molecule has 0 atom stereocenters. The Morgan fingerprint density at radius 3 is 2.58 bits per heavy atom. The van der Waals surface area contributed by atoms with Crippen molar-refractivity contribution in [2.24, 2.45) is 5.10 Å². The molecule has 9 heteroatoms. The molecule has 2 aliphatic rings. The van der Waals surface area contributed by atoms with Crippen LogP contribution in [0.15, 0.2) is 16.9 Å². The maximum absolute atomic E-state index is 12.3. The van der Waals surface area contributed by atoms with Crippen molar-refractivity contribution in [3.63, 3.8) is 0 Å². The molecule has 0 bridgehead atoms. The first kappa shape index (κ1) is 17.7. The summed E-state index contributed by atoms with van der Waals surface area (Å²) >= 11 is 0. The van der Waals surface area contributed by atoms with Crippen LogP contribution in [0.2, 0.25) is 0 Å². The highest BCUT2D eigenvalue weighted by Gasteiger charge is 2.33. The predicted molar refractivity (Wildman–Crippen MR) is 90.4 cm³/mol. The molecular weight excluding hydrogens is 342 g/mol. The molecule has 9 nitrogen and oxygen atoms in total. The van der Waals surface area contributed by atoms with Gasteiger partial charge in [0.2, 0.25) is 5.90 Å². The second-order valence-electron chi connectivity index (χ2n) is 5.67. The van der Waals surface area contributed by atoms with Crippen LogP contribution in [0.4, 0.5) is 0 Å². The molecule has 1 aromatic rings. The number of hydrogen-bond donors (Lipinski definition) is 2. The summed E-state index contributed by atoms with van der Waals surface area (Å²) in [7, 11) is 0. The van der Waals surface area contributed by atoms with E-state index in [0.29, 0.717) is 0 Å². The van der Waals surface area contributed by atoms with E-state index >= 15 is 0 Å². The molecule has 1 amide bonds. The zero-order valence-corrected chi connectivity index (χ0v) is 14.5. The molecule has 0 radical (unpaired) electrons. The number of amides is 1. The van der Waals surface area contributed by atoms with E-state index in [1.807, 2.05) is 0 Å². The summed E-state index contributed by atoms with van der Waals surface area (Å²) in [4.78, 5) is 39.3. The molecule has 138 valence electrons. The fourth-order valence-corrected chi connectivity index (χ4v) is 2.37. The lowest BCUT2D eigenvalue weighted by molar-refractivity contribution is -0.116. The lowest BCUT2D eigenvalue weighted by atomic mass is 10.1. The first-order valence-corrected chi connectivity index (χ1v) is 8.37. The minimum atomic E-state index is -0.691. The summed E-state index contributed by atoms with van der Waals surface area (Å²) < 4.78 is 15.6. The standard InChI is InChI=1S/C17H19N3O6/c1-3-24-16(22)11-8-18-12(13(11)17(23)25-4-2)7-10-14(21)19-20-15(10)26-9-5-6-9/h7-9,18H,3-6H2,1-2H3,(H,19,21). The highest BCUT2D eigenvalue weighted by Crippen LogP contribution is 2.27. The normalized spacial score (nSPS) is 17.7. The molecule has 0 saturated heterocycles. The SMILES string of the molecule is CCOC(=O)c1c[nH]c(C=C2C(=O)NN=C2OC2CC2)c1C(=O)OCC. The number of aromatic amines is 1. The van der Waals surface area contributed by atoms with Crippen molar-refractivity contribution in [2.75, 3.05) is 13.2 Å². The lowest BCUT2D eigenvalue weighted by Crippen LogP contribution is -2.16. The quantitative estimate of drug-likeness (QED) is 0.583. The average Bonchev–Trinajstić information content (AvgIpc) is 3.22. The van der Waals surface area contributed by atoms with E-state index in [0.717, 1.165) is 12.8 Å². The van der Waals surface area contributed by atoms with E-state index < -0.39 is 17.8 Å². The molecule has 26 heavy (non-hydrogen) atoms. The maximum atomic E-state index is 12.3. The molecule has 1 aromatic heterocycles. The van der Waals surface area contributed by atoms with Gasteiger partial charge in [0.25, 0.3) is 5.91 Å². The monoisotopic (exact) mass is 361 g/mol. The van der Waals surface area contributed by atoms with Crippen LogP contribution in [0.5, 0.6) is 0 Å². The maximum Gasteiger partial charge on any atom is 0.341 e. The molecule has 1 aliphatic carbocycles. The van der Waals surface area contributed by atoms with Crippen molar-refractivity contribution in [1.29, 1.82) is 0 Å². The number of carbonyl (C=O) groups is 3. The largest absolute Gasteiger partial charge is 0.473 e. The second-order valence-corrected chi connectivity index (χ2v) is 5.67. The summed E-state index contributed by atoms with van der Waals surface area (Å²) in [5, 5.41) is 3.86. The molecule has 2 heterocycles.